The van der Waals surface area contributed by atoms with Crippen molar-refractivity contribution in [2.24, 2.45) is 17.3 Å². The van der Waals surface area contributed by atoms with Crippen LogP contribution in [0, 0.1) is 17.3 Å². The molecule has 2 aromatic rings. The first-order valence-electron chi connectivity index (χ1n) is 14.7. The van der Waals surface area contributed by atoms with Crippen LogP contribution in [0.2, 0.25) is 0 Å². The maximum atomic E-state index is 14.4. The molecule has 2 aliphatic rings. The Morgan fingerprint density at radius 3 is 2.33 bits per heavy atom. The lowest BCUT2D eigenvalue weighted by Gasteiger charge is -2.36. The van der Waals surface area contributed by atoms with E-state index in [4.69, 9.17) is 9.47 Å². The Morgan fingerprint density at radius 1 is 1.09 bits per heavy atom. The first-order chi connectivity index (χ1) is 20.2. The number of alkyl halides is 3. The van der Waals surface area contributed by atoms with Crippen molar-refractivity contribution in [3.63, 3.8) is 0 Å². The number of carbonyl (C=O) groups excluding carboxylic acids is 1. The second-order valence-corrected chi connectivity index (χ2v) is 12.8. The molecule has 1 aromatic heterocycles. The van der Waals surface area contributed by atoms with Crippen LogP contribution in [-0.2, 0) is 27.1 Å². The Hall–Kier alpha value is -3.34. The second kappa shape index (κ2) is 12.7. The number of anilines is 1. The first-order valence-corrected chi connectivity index (χ1v) is 14.7. The predicted molar refractivity (Wildman–Crippen MR) is 156 cm³/mol. The van der Waals surface area contributed by atoms with Crippen LogP contribution in [0.4, 0.5) is 19.0 Å². The smallest absolute Gasteiger partial charge is 0.416 e. The standard InChI is InChI=1S/C32H42F3N3O5/c1-31(2,3)24-26(30(40)41)38(29(39)19-11-8-7-9-12-19)25(22-13-10-16-36-28(22)37(4)5)27(24)43-18-20-17-21(32(33,34)35)14-15-23(20)42-6/h10,13-17,19,24-27H,7-9,11-12,18H2,1-6H3,(H,40,41). The predicted octanol–water partition coefficient (Wildman–Crippen LogP) is 6.34. The van der Waals surface area contributed by atoms with Gasteiger partial charge >= 0.3 is 12.1 Å². The first kappa shape index (κ1) is 32.6. The molecule has 4 unspecified atom stereocenters. The molecule has 1 saturated carbocycles. The van der Waals surface area contributed by atoms with Gasteiger partial charge in [0.15, 0.2) is 0 Å². The lowest BCUT2D eigenvalue weighted by Crippen LogP contribution is -2.49. The minimum Gasteiger partial charge on any atom is -0.496 e. The largest absolute Gasteiger partial charge is 0.496 e. The maximum Gasteiger partial charge on any atom is 0.416 e. The third-order valence-electron chi connectivity index (χ3n) is 8.66. The van der Waals surface area contributed by atoms with Gasteiger partial charge in [0.1, 0.15) is 17.6 Å². The van der Waals surface area contributed by atoms with Crippen LogP contribution in [0.15, 0.2) is 36.5 Å². The molecule has 2 fully saturated rings. The summed E-state index contributed by atoms with van der Waals surface area (Å²) in [5.41, 5.74) is -0.712. The van der Waals surface area contributed by atoms with Gasteiger partial charge in [0.05, 0.1) is 31.4 Å². The van der Waals surface area contributed by atoms with Crippen LogP contribution in [0.3, 0.4) is 0 Å². The lowest BCUT2D eigenvalue weighted by atomic mass is 9.73. The summed E-state index contributed by atoms with van der Waals surface area (Å²) in [6, 6.07) is 4.68. The van der Waals surface area contributed by atoms with Crippen molar-refractivity contribution in [3.05, 3.63) is 53.2 Å². The van der Waals surface area contributed by atoms with E-state index in [0.717, 1.165) is 31.4 Å². The van der Waals surface area contributed by atoms with Crippen LogP contribution in [0.1, 0.15) is 75.6 Å². The number of rotatable bonds is 8. The van der Waals surface area contributed by atoms with E-state index in [1.165, 1.54) is 18.1 Å². The van der Waals surface area contributed by atoms with Gasteiger partial charge in [-0.3, -0.25) is 4.79 Å². The van der Waals surface area contributed by atoms with Crippen molar-refractivity contribution in [2.75, 3.05) is 26.1 Å². The summed E-state index contributed by atoms with van der Waals surface area (Å²) in [5, 5.41) is 10.7. The number of aliphatic carboxylic acids is 1. The van der Waals surface area contributed by atoms with Crippen LogP contribution in [-0.4, -0.2) is 60.2 Å². The van der Waals surface area contributed by atoms with E-state index in [2.05, 4.69) is 4.98 Å². The number of ether oxygens (including phenoxy) is 2. The van der Waals surface area contributed by atoms with Gasteiger partial charge < -0.3 is 24.4 Å². The summed E-state index contributed by atoms with van der Waals surface area (Å²) in [4.78, 5) is 35.3. The van der Waals surface area contributed by atoms with Crippen LogP contribution in [0.25, 0.3) is 0 Å². The zero-order chi connectivity index (χ0) is 31.7. The Labute approximate surface area is 251 Å². The molecule has 0 spiro atoms. The van der Waals surface area contributed by atoms with E-state index in [1.54, 1.807) is 17.2 Å². The number of carbonyl (C=O) groups is 2. The summed E-state index contributed by atoms with van der Waals surface area (Å²) < 4.78 is 52.8. The Kier molecular flexibility index (Phi) is 9.63. The fourth-order valence-electron chi connectivity index (χ4n) is 6.74. The van der Waals surface area contributed by atoms with E-state index in [-0.39, 0.29) is 29.7 Å². The SMILES string of the molecule is COc1ccc(C(F)(F)F)cc1COC1C(c2cccnc2N(C)C)N(C(=O)C2CCCCC2)C(C(=O)O)C1C(C)(C)C. The van der Waals surface area contributed by atoms with Gasteiger partial charge in [-0.25, -0.2) is 9.78 Å². The summed E-state index contributed by atoms with van der Waals surface area (Å²) in [5.74, 6) is -1.63. The molecule has 43 heavy (non-hydrogen) atoms. The van der Waals surface area contributed by atoms with Crippen LogP contribution >= 0.6 is 0 Å². The third kappa shape index (κ3) is 6.76. The van der Waals surface area contributed by atoms with Gasteiger partial charge in [0.2, 0.25) is 5.91 Å². The monoisotopic (exact) mass is 605 g/mol. The Morgan fingerprint density at radius 2 is 1.77 bits per heavy atom. The van der Waals surface area contributed by atoms with E-state index < -0.39 is 47.2 Å². The number of pyridine rings is 1. The zero-order valence-electron chi connectivity index (χ0n) is 25.6. The molecule has 0 bridgehead atoms. The number of benzene rings is 1. The minimum atomic E-state index is -4.57. The lowest BCUT2D eigenvalue weighted by molar-refractivity contribution is -0.154. The number of aromatic nitrogens is 1. The molecule has 1 saturated heterocycles. The van der Waals surface area contributed by atoms with Gasteiger partial charge in [0, 0.05) is 43.3 Å². The van der Waals surface area contributed by atoms with Gasteiger partial charge in [-0.15, -0.1) is 0 Å². The summed E-state index contributed by atoms with van der Waals surface area (Å²) >= 11 is 0. The molecule has 8 nitrogen and oxygen atoms in total. The number of likely N-dealkylation sites (tertiary alicyclic amines) is 1. The number of halogens is 3. The van der Waals surface area contributed by atoms with Crippen LogP contribution < -0.4 is 9.64 Å². The molecule has 4 atom stereocenters. The van der Waals surface area contributed by atoms with E-state index in [1.807, 2.05) is 40.9 Å². The number of hydrogen-bond donors (Lipinski definition) is 1. The fourth-order valence-corrected chi connectivity index (χ4v) is 6.74. The molecule has 1 N–H and O–H groups in total. The van der Waals surface area contributed by atoms with Gasteiger partial charge in [-0.2, -0.15) is 13.2 Å². The average molecular weight is 606 g/mol. The number of methoxy groups -OCH3 is 1. The molecular weight excluding hydrogens is 563 g/mol. The molecule has 0 radical (unpaired) electrons. The van der Waals surface area contributed by atoms with Crippen molar-refractivity contribution >= 4 is 17.7 Å². The number of carboxylic acids is 1. The number of carboxylic acid groups (broad SMARTS) is 1. The molecule has 2 heterocycles. The molecule has 236 valence electrons. The molecule has 1 aromatic carbocycles. The van der Waals surface area contributed by atoms with Crippen molar-refractivity contribution in [2.45, 2.75) is 83.8 Å². The number of amides is 1. The molecule has 1 aliphatic heterocycles. The summed E-state index contributed by atoms with van der Waals surface area (Å²) in [6.45, 7) is 5.42. The molecule has 1 amide bonds. The highest BCUT2D eigenvalue weighted by atomic mass is 19.4. The Bertz CT molecular complexity index is 1300. The average Bonchev–Trinajstić information content (AvgIpc) is 3.31. The molecule has 4 rings (SSSR count). The summed E-state index contributed by atoms with van der Waals surface area (Å²) in [6.07, 6.45) is 0.332. The van der Waals surface area contributed by atoms with E-state index in [9.17, 15) is 27.9 Å². The van der Waals surface area contributed by atoms with Crippen molar-refractivity contribution in [3.8, 4) is 5.75 Å². The minimum absolute atomic E-state index is 0.173. The van der Waals surface area contributed by atoms with E-state index >= 15 is 0 Å². The highest BCUT2D eigenvalue weighted by Gasteiger charge is 2.60. The zero-order valence-corrected chi connectivity index (χ0v) is 25.6. The normalized spacial score (nSPS) is 23.3. The fraction of sp³-hybridized carbons (Fsp3) is 0.594. The highest BCUT2D eigenvalue weighted by molar-refractivity contribution is 5.87. The molecule has 1 aliphatic carbocycles. The van der Waals surface area contributed by atoms with Crippen LogP contribution in [0.5, 0.6) is 5.75 Å². The quantitative estimate of drug-likeness (QED) is 0.376. The van der Waals surface area contributed by atoms with Gasteiger partial charge in [-0.1, -0.05) is 46.1 Å². The maximum absolute atomic E-state index is 14.4. The van der Waals surface area contributed by atoms with Crippen molar-refractivity contribution in [1.82, 2.24) is 9.88 Å². The number of hydrogen-bond acceptors (Lipinski definition) is 6. The highest BCUT2D eigenvalue weighted by Crippen LogP contribution is 2.52. The van der Waals surface area contributed by atoms with Crippen molar-refractivity contribution < 1.29 is 37.3 Å². The third-order valence-corrected chi connectivity index (χ3v) is 8.66. The topological polar surface area (TPSA) is 92.2 Å². The number of nitrogens with zero attached hydrogens (tertiary/aromatic N) is 3. The van der Waals surface area contributed by atoms with E-state index in [0.29, 0.717) is 24.2 Å². The summed E-state index contributed by atoms with van der Waals surface area (Å²) in [7, 11) is 4.99. The Balaban J connectivity index is 1.89. The second-order valence-electron chi connectivity index (χ2n) is 12.8. The van der Waals surface area contributed by atoms with Gasteiger partial charge in [0.25, 0.3) is 0 Å². The van der Waals surface area contributed by atoms with Crippen molar-refractivity contribution in [1.29, 1.82) is 0 Å². The molecular formula is C32H42F3N3O5. The van der Waals surface area contributed by atoms with Gasteiger partial charge in [-0.05, 0) is 42.5 Å². The molecule has 11 heteroatoms.